The maximum atomic E-state index is 13.3. The first kappa shape index (κ1) is 15.1. The topological polar surface area (TPSA) is 12.0 Å². The van der Waals surface area contributed by atoms with Crippen LogP contribution in [0.4, 0.5) is 8.78 Å². The Morgan fingerprint density at radius 2 is 1.85 bits per heavy atom. The highest BCUT2D eigenvalue weighted by molar-refractivity contribution is 9.10. The second kappa shape index (κ2) is 6.95. The maximum absolute atomic E-state index is 13.3. The van der Waals surface area contributed by atoms with Crippen molar-refractivity contribution in [2.24, 2.45) is 0 Å². The van der Waals surface area contributed by atoms with Crippen molar-refractivity contribution in [3.8, 4) is 0 Å². The van der Waals surface area contributed by atoms with Crippen LogP contribution in [-0.2, 0) is 6.42 Å². The molecule has 4 heteroatoms. The van der Waals surface area contributed by atoms with Crippen LogP contribution in [0.1, 0.15) is 24.1 Å². The molecule has 0 spiro atoms. The molecule has 0 aliphatic rings. The minimum absolute atomic E-state index is 0.0560. The number of benzene rings is 2. The Labute approximate surface area is 126 Å². The minimum atomic E-state index is -0.811. The van der Waals surface area contributed by atoms with Gasteiger partial charge in [-0.25, -0.2) is 8.78 Å². The smallest absolute Gasteiger partial charge is 0.159 e. The van der Waals surface area contributed by atoms with Crippen LogP contribution in [0.5, 0.6) is 0 Å². The van der Waals surface area contributed by atoms with Crippen LogP contribution in [0.2, 0.25) is 0 Å². The summed E-state index contributed by atoms with van der Waals surface area (Å²) in [5.41, 5.74) is 1.88. The van der Waals surface area contributed by atoms with Crippen molar-refractivity contribution < 1.29 is 8.78 Å². The molecule has 1 atom stereocenters. The molecule has 2 aromatic rings. The largest absolute Gasteiger partial charge is 0.310 e. The van der Waals surface area contributed by atoms with Crippen molar-refractivity contribution in [2.75, 3.05) is 6.54 Å². The fourth-order valence-electron chi connectivity index (χ4n) is 2.20. The number of likely N-dealkylation sites (N-methyl/N-ethyl adjacent to an activating group) is 1. The molecular formula is C16H16BrF2N. The van der Waals surface area contributed by atoms with E-state index in [9.17, 15) is 8.78 Å². The average Bonchev–Trinajstić information content (AvgIpc) is 2.43. The average molecular weight is 340 g/mol. The number of rotatable bonds is 5. The summed E-state index contributed by atoms with van der Waals surface area (Å²) < 4.78 is 27.3. The number of hydrogen-bond donors (Lipinski definition) is 1. The highest BCUT2D eigenvalue weighted by Gasteiger charge is 2.14. The van der Waals surface area contributed by atoms with Gasteiger partial charge < -0.3 is 5.32 Å². The van der Waals surface area contributed by atoms with Crippen molar-refractivity contribution in [1.29, 1.82) is 0 Å². The summed E-state index contributed by atoms with van der Waals surface area (Å²) in [7, 11) is 0. The van der Waals surface area contributed by atoms with Crippen molar-refractivity contribution >= 4 is 15.9 Å². The molecule has 1 nitrogen and oxygen atoms in total. The molecule has 20 heavy (non-hydrogen) atoms. The third-order valence-corrected chi connectivity index (χ3v) is 3.88. The molecule has 2 aromatic carbocycles. The van der Waals surface area contributed by atoms with Gasteiger partial charge in [0.2, 0.25) is 0 Å². The molecule has 1 N–H and O–H groups in total. The van der Waals surface area contributed by atoms with Gasteiger partial charge in [-0.1, -0.05) is 47.1 Å². The summed E-state index contributed by atoms with van der Waals surface area (Å²) >= 11 is 3.53. The Balaban J connectivity index is 2.25. The quantitative estimate of drug-likeness (QED) is 0.837. The summed E-state index contributed by atoms with van der Waals surface area (Å²) in [5, 5.41) is 3.38. The molecule has 0 aromatic heterocycles. The lowest BCUT2D eigenvalue weighted by Gasteiger charge is -2.20. The molecular weight excluding hydrogens is 324 g/mol. The molecule has 0 aliphatic carbocycles. The Kier molecular flexibility index (Phi) is 5.26. The molecule has 0 bridgehead atoms. The zero-order chi connectivity index (χ0) is 14.5. The highest BCUT2D eigenvalue weighted by atomic mass is 79.9. The fraction of sp³-hybridized carbons (Fsp3) is 0.250. The Hall–Kier alpha value is -1.26. The van der Waals surface area contributed by atoms with Crippen LogP contribution >= 0.6 is 15.9 Å². The minimum Gasteiger partial charge on any atom is -0.310 e. The summed E-state index contributed by atoms with van der Waals surface area (Å²) in [5.74, 6) is -1.61. The van der Waals surface area contributed by atoms with Gasteiger partial charge in [0.05, 0.1) is 0 Å². The summed E-state index contributed by atoms with van der Waals surface area (Å²) in [4.78, 5) is 0. The van der Waals surface area contributed by atoms with E-state index in [-0.39, 0.29) is 6.04 Å². The van der Waals surface area contributed by atoms with Gasteiger partial charge in [-0.15, -0.1) is 0 Å². The van der Waals surface area contributed by atoms with Crippen LogP contribution in [0.25, 0.3) is 0 Å². The molecule has 1 unspecified atom stereocenters. The first-order chi connectivity index (χ1) is 9.61. The SMILES string of the molecule is CCNC(Cc1ccc(F)c(F)c1)c1ccccc1Br. The van der Waals surface area contributed by atoms with Crippen LogP contribution in [0.3, 0.4) is 0 Å². The van der Waals surface area contributed by atoms with E-state index in [2.05, 4.69) is 21.2 Å². The van der Waals surface area contributed by atoms with Crippen LogP contribution in [0, 0.1) is 11.6 Å². The second-order valence-corrected chi connectivity index (χ2v) is 5.44. The van der Waals surface area contributed by atoms with Crippen LogP contribution < -0.4 is 5.32 Å². The van der Waals surface area contributed by atoms with E-state index in [0.717, 1.165) is 22.1 Å². The van der Waals surface area contributed by atoms with E-state index in [4.69, 9.17) is 0 Å². The third-order valence-electron chi connectivity index (χ3n) is 3.16. The van der Waals surface area contributed by atoms with Gasteiger partial charge in [0, 0.05) is 10.5 Å². The van der Waals surface area contributed by atoms with Gasteiger partial charge in [-0.2, -0.15) is 0 Å². The second-order valence-electron chi connectivity index (χ2n) is 4.58. The van der Waals surface area contributed by atoms with E-state index >= 15 is 0 Å². The molecule has 0 radical (unpaired) electrons. The lowest BCUT2D eigenvalue weighted by Crippen LogP contribution is -2.23. The van der Waals surface area contributed by atoms with Crippen LogP contribution in [0.15, 0.2) is 46.9 Å². The molecule has 0 aliphatic heterocycles. The fourth-order valence-corrected chi connectivity index (χ4v) is 2.76. The molecule has 106 valence electrons. The highest BCUT2D eigenvalue weighted by Crippen LogP contribution is 2.26. The monoisotopic (exact) mass is 339 g/mol. The Bertz CT molecular complexity index is 586. The van der Waals surface area contributed by atoms with E-state index in [0.29, 0.717) is 6.42 Å². The predicted octanol–water partition coefficient (Wildman–Crippen LogP) is 4.62. The first-order valence-corrected chi connectivity index (χ1v) is 7.33. The first-order valence-electron chi connectivity index (χ1n) is 6.53. The Morgan fingerprint density at radius 3 is 2.50 bits per heavy atom. The zero-order valence-corrected chi connectivity index (χ0v) is 12.8. The zero-order valence-electron chi connectivity index (χ0n) is 11.2. The number of nitrogens with one attached hydrogen (secondary N) is 1. The van der Waals surface area contributed by atoms with Crippen molar-refractivity contribution in [3.05, 3.63) is 69.7 Å². The third kappa shape index (κ3) is 3.64. The standard InChI is InChI=1S/C16H16BrF2N/c1-2-20-16(12-5-3-4-6-13(12)17)10-11-7-8-14(18)15(19)9-11/h3-9,16,20H,2,10H2,1H3. The van der Waals surface area contributed by atoms with Gasteiger partial charge in [0.1, 0.15) is 0 Å². The van der Waals surface area contributed by atoms with E-state index < -0.39 is 11.6 Å². The number of hydrogen-bond acceptors (Lipinski definition) is 1. The summed E-state index contributed by atoms with van der Waals surface area (Å²) in [6, 6.07) is 12.0. The van der Waals surface area contributed by atoms with Gasteiger partial charge in [-0.3, -0.25) is 0 Å². The van der Waals surface area contributed by atoms with Gasteiger partial charge in [-0.05, 0) is 42.3 Å². The molecule has 0 heterocycles. The van der Waals surface area contributed by atoms with Crippen LogP contribution in [-0.4, -0.2) is 6.54 Å². The lowest BCUT2D eigenvalue weighted by molar-refractivity contribution is 0.502. The molecule has 2 rings (SSSR count). The van der Waals surface area contributed by atoms with E-state index in [1.165, 1.54) is 12.1 Å². The van der Waals surface area contributed by atoms with Gasteiger partial charge >= 0.3 is 0 Å². The molecule has 0 amide bonds. The van der Waals surface area contributed by atoms with E-state index in [1.807, 2.05) is 31.2 Å². The normalized spacial score (nSPS) is 12.4. The maximum Gasteiger partial charge on any atom is 0.159 e. The van der Waals surface area contributed by atoms with Crippen molar-refractivity contribution in [2.45, 2.75) is 19.4 Å². The van der Waals surface area contributed by atoms with E-state index in [1.54, 1.807) is 6.07 Å². The van der Waals surface area contributed by atoms with Gasteiger partial charge in [0.15, 0.2) is 11.6 Å². The summed E-state index contributed by atoms with van der Waals surface area (Å²) in [6.45, 7) is 2.82. The Morgan fingerprint density at radius 1 is 1.10 bits per heavy atom. The molecule has 0 saturated carbocycles. The molecule has 0 saturated heterocycles. The molecule has 0 fully saturated rings. The van der Waals surface area contributed by atoms with Crippen molar-refractivity contribution in [3.63, 3.8) is 0 Å². The number of halogens is 3. The summed E-state index contributed by atoms with van der Waals surface area (Å²) in [6.07, 6.45) is 0.605. The predicted molar refractivity (Wildman–Crippen MR) is 80.6 cm³/mol. The van der Waals surface area contributed by atoms with Gasteiger partial charge in [0.25, 0.3) is 0 Å². The van der Waals surface area contributed by atoms with Crippen molar-refractivity contribution in [1.82, 2.24) is 5.32 Å². The lowest BCUT2D eigenvalue weighted by atomic mass is 9.98.